The molecule has 2 rings (SSSR count). The second kappa shape index (κ2) is 2.32. The lowest BCUT2D eigenvalue weighted by Gasteiger charge is -2.07. The second-order valence-electron chi connectivity index (χ2n) is 3.27. The largest absolute Gasteiger partial charge is 0.462 e. The van der Waals surface area contributed by atoms with Crippen molar-refractivity contribution >= 4 is 12.3 Å². The first-order valence-corrected chi connectivity index (χ1v) is 3.96. The van der Waals surface area contributed by atoms with Crippen LogP contribution in [-0.4, -0.2) is 18.4 Å². The minimum absolute atomic E-state index is 0.0534. The Balaban J connectivity index is 2.12. The van der Waals surface area contributed by atoms with E-state index < -0.39 is 0 Å². The van der Waals surface area contributed by atoms with Crippen molar-refractivity contribution in [1.82, 2.24) is 0 Å². The molecule has 0 aromatic heterocycles. The van der Waals surface area contributed by atoms with E-state index in [0.717, 1.165) is 19.1 Å². The fourth-order valence-electron chi connectivity index (χ4n) is 2.07. The molecule has 60 valence electrons. The lowest BCUT2D eigenvalue weighted by molar-refractivity contribution is -0.141. The summed E-state index contributed by atoms with van der Waals surface area (Å²) in [5.74, 6) is 0.137. The third-order valence-corrected chi connectivity index (χ3v) is 2.67. The second-order valence-corrected chi connectivity index (χ2v) is 3.27. The van der Waals surface area contributed by atoms with E-state index in [0.29, 0.717) is 6.42 Å². The van der Waals surface area contributed by atoms with Crippen LogP contribution in [0.5, 0.6) is 0 Å². The Kier molecular flexibility index (Phi) is 1.44. The molecule has 0 aromatic carbocycles. The highest BCUT2D eigenvalue weighted by atomic mass is 16.5. The first-order chi connectivity index (χ1) is 5.31. The molecule has 11 heavy (non-hydrogen) atoms. The summed E-state index contributed by atoms with van der Waals surface area (Å²) in [6.07, 6.45) is 3.24. The van der Waals surface area contributed by atoms with Crippen molar-refractivity contribution in [1.29, 1.82) is 0 Å². The summed E-state index contributed by atoms with van der Waals surface area (Å²) in [4.78, 5) is 21.3. The van der Waals surface area contributed by atoms with Crippen LogP contribution in [0.3, 0.4) is 0 Å². The Bertz CT molecular complexity index is 200. The predicted molar refractivity (Wildman–Crippen MR) is 36.8 cm³/mol. The number of hydrogen-bond donors (Lipinski definition) is 0. The van der Waals surface area contributed by atoms with Crippen LogP contribution in [0.1, 0.15) is 19.3 Å². The standard InChI is InChI=1S/C8H10O3/c9-4-5-1-2-7-6(5)3-8(10)11-7/h4-7H,1-3H2/t5-,6-,7?/m1/s1. The van der Waals surface area contributed by atoms with Crippen LogP contribution in [0.4, 0.5) is 0 Å². The highest BCUT2D eigenvalue weighted by Crippen LogP contribution is 2.39. The summed E-state index contributed by atoms with van der Waals surface area (Å²) in [7, 11) is 0. The monoisotopic (exact) mass is 154 g/mol. The van der Waals surface area contributed by atoms with Gasteiger partial charge in [0.1, 0.15) is 12.4 Å². The van der Waals surface area contributed by atoms with Crippen LogP contribution in [0.25, 0.3) is 0 Å². The number of fused-ring (bicyclic) bond motifs is 1. The highest BCUT2D eigenvalue weighted by molar-refractivity contribution is 5.73. The molecule has 0 N–H and O–H groups in total. The molecule has 0 radical (unpaired) electrons. The first kappa shape index (κ1) is 6.83. The Labute approximate surface area is 64.7 Å². The third-order valence-electron chi connectivity index (χ3n) is 2.67. The van der Waals surface area contributed by atoms with Crippen molar-refractivity contribution in [2.45, 2.75) is 25.4 Å². The van der Waals surface area contributed by atoms with Crippen LogP contribution in [0, 0.1) is 11.8 Å². The maximum Gasteiger partial charge on any atom is 0.306 e. The van der Waals surface area contributed by atoms with Gasteiger partial charge in [0.15, 0.2) is 0 Å². The molecular weight excluding hydrogens is 144 g/mol. The van der Waals surface area contributed by atoms with Crippen LogP contribution in [0.15, 0.2) is 0 Å². The van der Waals surface area contributed by atoms with E-state index in [4.69, 9.17) is 4.74 Å². The number of aldehydes is 1. The summed E-state index contributed by atoms with van der Waals surface area (Å²) in [6.45, 7) is 0. The van der Waals surface area contributed by atoms with Gasteiger partial charge in [0.25, 0.3) is 0 Å². The molecule has 0 aromatic rings. The number of ether oxygens (including phenoxy) is 1. The van der Waals surface area contributed by atoms with Crippen LogP contribution >= 0.6 is 0 Å². The highest BCUT2D eigenvalue weighted by Gasteiger charge is 2.44. The van der Waals surface area contributed by atoms with Gasteiger partial charge in [-0.3, -0.25) is 4.79 Å². The summed E-state index contributed by atoms with van der Waals surface area (Å²) in [5, 5.41) is 0. The molecular formula is C8H10O3. The number of esters is 1. The summed E-state index contributed by atoms with van der Waals surface area (Å²) < 4.78 is 5.02. The van der Waals surface area contributed by atoms with Crippen LogP contribution < -0.4 is 0 Å². The molecule has 1 unspecified atom stereocenters. The molecule has 0 amide bonds. The Morgan fingerprint density at radius 2 is 2.27 bits per heavy atom. The van der Waals surface area contributed by atoms with Gasteiger partial charge in [-0.05, 0) is 12.8 Å². The van der Waals surface area contributed by atoms with Crippen LogP contribution in [0.2, 0.25) is 0 Å². The molecule has 0 bridgehead atoms. The Hall–Kier alpha value is -0.860. The zero-order valence-corrected chi connectivity index (χ0v) is 6.16. The normalized spacial score (nSPS) is 41.8. The summed E-state index contributed by atoms with van der Waals surface area (Å²) in [5.41, 5.74) is 0. The molecule has 0 spiro atoms. The van der Waals surface area contributed by atoms with E-state index in [1.54, 1.807) is 0 Å². The van der Waals surface area contributed by atoms with Gasteiger partial charge < -0.3 is 9.53 Å². The molecule has 3 heteroatoms. The lowest BCUT2D eigenvalue weighted by Crippen LogP contribution is -2.14. The smallest absolute Gasteiger partial charge is 0.306 e. The zero-order valence-electron chi connectivity index (χ0n) is 6.16. The van der Waals surface area contributed by atoms with Crippen LogP contribution in [-0.2, 0) is 14.3 Å². The molecule has 1 heterocycles. The fourth-order valence-corrected chi connectivity index (χ4v) is 2.07. The topological polar surface area (TPSA) is 43.4 Å². The average molecular weight is 154 g/mol. The van der Waals surface area contributed by atoms with E-state index in [9.17, 15) is 9.59 Å². The van der Waals surface area contributed by atoms with Crippen molar-refractivity contribution in [3.05, 3.63) is 0 Å². The molecule has 3 nitrogen and oxygen atoms in total. The van der Waals surface area contributed by atoms with Gasteiger partial charge in [0.05, 0.1) is 6.42 Å². The zero-order chi connectivity index (χ0) is 7.84. The van der Waals surface area contributed by atoms with Crippen molar-refractivity contribution in [2.24, 2.45) is 11.8 Å². The maximum atomic E-state index is 10.8. The SMILES string of the molecule is O=C[C@H]1CCC2OC(=O)C[C@@H]21. The van der Waals surface area contributed by atoms with Crippen molar-refractivity contribution in [3.8, 4) is 0 Å². The Morgan fingerprint density at radius 3 is 3.00 bits per heavy atom. The predicted octanol–water partition coefficient (Wildman–Crippen LogP) is 0.527. The summed E-state index contributed by atoms with van der Waals surface area (Å²) in [6, 6.07) is 0. The molecule has 1 saturated carbocycles. The molecule has 1 aliphatic heterocycles. The molecule has 2 fully saturated rings. The molecule has 1 aliphatic carbocycles. The van der Waals surface area contributed by atoms with Gasteiger partial charge in [-0.1, -0.05) is 0 Å². The van der Waals surface area contributed by atoms with Crippen molar-refractivity contribution in [3.63, 3.8) is 0 Å². The summed E-state index contributed by atoms with van der Waals surface area (Å²) >= 11 is 0. The minimum Gasteiger partial charge on any atom is -0.462 e. The molecule has 2 aliphatic rings. The average Bonchev–Trinajstić information content (AvgIpc) is 2.45. The number of rotatable bonds is 1. The van der Waals surface area contributed by atoms with Crippen molar-refractivity contribution < 1.29 is 14.3 Å². The first-order valence-electron chi connectivity index (χ1n) is 3.96. The van der Waals surface area contributed by atoms with E-state index in [-0.39, 0.29) is 23.9 Å². The molecule has 3 atom stereocenters. The van der Waals surface area contributed by atoms with Gasteiger partial charge in [-0.15, -0.1) is 0 Å². The van der Waals surface area contributed by atoms with E-state index in [2.05, 4.69) is 0 Å². The maximum absolute atomic E-state index is 10.8. The fraction of sp³-hybridized carbons (Fsp3) is 0.750. The van der Waals surface area contributed by atoms with Gasteiger partial charge in [0.2, 0.25) is 0 Å². The van der Waals surface area contributed by atoms with Gasteiger partial charge >= 0.3 is 5.97 Å². The van der Waals surface area contributed by atoms with Gasteiger partial charge in [0, 0.05) is 11.8 Å². The van der Waals surface area contributed by atoms with E-state index in [1.165, 1.54) is 0 Å². The number of carbonyl (C=O) groups is 2. The number of carbonyl (C=O) groups excluding carboxylic acids is 2. The van der Waals surface area contributed by atoms with Crippen molar-refractivity contribution in [2.75, 3.05) is 0 Å². The van der Waals surface area contributed by atoms with Gasteiger partial charge in [-0.2, -0.15) is 0 Å². The van der Waals surface area contributed by atoms with Gasteiger partial charge in [-0.25, -0.2) is 0 Å². The quantitative estimate of drug-likeness (QED) is 0.408. The minimum atomic E-state index is -0.133. The number of hydrogen-bond acceptors (Lipinski definition) is 3. The third kappa shape index (κ3) is 0.951. The van der Waals surface area contributed by atoms with E-state index >= 15 is 0 Å². The lowest BCUT2D eigenvalue weighted by atomic mass is 9.95. The van der Waals surface area contributed by atoms with E-state index in [1.807, 2.05) is 0 Å². The molecule has 1 saturated heterocycles. The Morgan fingerprint density at radius 1 is 1.45 bits per heavy atom.